The Balaban J connectivity index is 1.39. The van der Waals surface area contributed by atoms with Gasteiger partial charge in [0.2, 0.25) is 0 Å². The van der Waals surface area contributed by atoms with Gasteiger partial charge in [0.25, 0.3) is 0 Å². The number of rotatable bonds is 6. The summed E-state index contributed by atoms with van der Waals surface area (Å²) in [5.74, 6) is 0.0221. The van der Waals surface area contributed by atoms with E-state index in [4.69, 9.17) is 30.6 Å². The van der Waals surface area contributed by atoms with Crippen LogP contribution < -0.4 is 10.5 Å². The molecule has 1 fully saturated rings. The smallest absolute Gasteiger partial charge is 0.439 e. The number of hydrogen-bond donors (Lipinski definition) is 1. The van der Waals surface area contributed by atoms with Crippen LogP contribution in [-0.2, 0) is 24.4 Å². The number of pyridine rings is 1. The van der Waals surface area contributed by atoms with Gasteiger partial charge >= 0.3 is 5.76 Å². The number of allylic oxidation sites excluding steroid dienone is 1. The number of methoxy groups -OCH3 is 1. The topological polar surface area (TPSA) is 94.7 Å². The summed E-state index contributed by atoms with van der Waals surface area (Å²) in [5, 5.41) is 4.60. The molecule has 1 N–H and O–H groups in total. The third kappa shape index (κ3) is 4.31. The SMILES string of the molecule is COCc1nc2c(Cl)cccn2c1Cc1ccc2c(c1)COc1cc(F)ccc1/C2=C(/c1noc(=O)[nH]1)C1CC1. The molecule has 8 nitrogen and oxygen atoms in total. The van der Waals surface area contributed by atoms with Gasteiger partial charge in [-0.1, -0.05) is 35.0 Å². The molecule has 5 aromatic rings. The van der Waals surface area contributed by atoms with Crippen LogP contribution in [0.1, 0.15) is 52.3 Å². The quantitative estimate of drug-likeness (QED) is 0.283. The number of benzene rings is 2. The molecule has 10 heteroatoms. The van der Waals surface area contributed by atoms with Crippen molar-refractivity contribution in [3.63, 3.8) is 0 Å². The second kappa shape index (κ2) is 9.76. The average Bonchev–Trinajstić information content (AvgIpc) is 3.63. The van der Waals surface area contributed by atoms with Gasteiger partial charge in [0.15, 0.2) is 11.5 Å². The van der Waals surface area contributed by atoms with Crippen LogP contribution in [0.3, 0.4) is 0 Å². The Labute approximate surface area is 233 Å². The summed E-state index contributed by atoms with van der Waals surface area (Å²) >= 11 is 6.44. The Hall–Kier alpha value is -4.21. The van der Waals surface area contributed by atoms with Crippen molar-refractivity contribution in [2.24, 2.45) is 5.92 Å². The number of fused-ring (bicyclic) bond motifs is 3. The van der Waals surface area contributed by atoms with Gasteiger partial charge in [0.1, 0.15) is 18.2 Å². The number of nitrogens with one attached hydrogen (secondary N) is 1. The zero-order valence-corrected chi connectivity index (χ0v) is 22.3. The Kier molecular flexibility index (Phi) is 6.05. The molecule has 3 aromatic heterocycles. The molecule has 1 saturated carbocycles. The predicted octanol–water partition coefficient (Wildman–Crippen LogP) is 5.80. The van der Waals surface area contributed by atoms with E-state index in [0.29, 0.717) is 35.3 Å². The molecule has 2 aliphatic rings. The molecule has 0 saturated heterocycles. The normalized spacial score (nSPS) is 15.9. The third-order valence-corrected chi connectivity index (χ3v) is 7.72. The Morgan fingerprint density at radius 3 is 2.83 bits per heavy atom. The molecule has 4 heterocycles. The number of H-pyrrole nitrogens is 1. The van der Waals surface area contributed by atoms with Crippen molar-refractivity contribution in [3.8, 4) is 5.75 Å². The number of ether oxygens (including phenoxy) is 2. The Morgan fingerprint density at radius 2 is 2.05 bits per heavy atom. The van der Waals surface area contributed by atoms with Crippen molar-refractivity contribution in [3.05, 3.63) is 116 Å². The van der Waals surface area contributed by atoms with Crippen molar-refractivity contribution < 1.29 is 18.4 Å². The van der Waals surface area contributed by atoms with E-state index in [-0.39, 0.29) is 18.3 Å². The van der Waals surface area contributed by atoms with Crippen molar-refractivity contribution in [2.45, 2.75) is 32.5 Å². The van der Waals surface area contributed by atoms with E-state index in [0.717, 1.165) is 57.6 Å². The lowest BCUT2D eigenvalue weighted by Crippen LogP contribution is -2.04. The summed E-state index contributed by atoms with van der Waals surface area (Å²) in [6.07, 6.45) is 4.44. The third-order valence-electron chi connectivity index (χ3n) is 7.42. The number of halogens is 2. The molecule has 1 aliphatic carbocycles. The molecule has 1 aliphatic heterocycles. The minimum absolute atomic E-state index is 0.193. The maximum atomic E-state index is 14.3. The van der Waals surface area contributed by atoms with E-state index >= 15 is 0 Å². The van der Waals surface area contributed by atoms with Crippen LogP contribution in [0.2, 0.25) is 5.02 Å². The summed E-state index contributed by atoms with van der Waals surface area (Å²) in [6, 6.07) is 14.5. The Morgan fingerprint density at radius 1 is 1.20 bits per heavy atom. The highest BCUT2D eigenvalue weighted by atomic mass is 35.5. The maximum Gasteiger partial charge on any atom is 0.439 e. The highest BCUT2D eigenvalue weighted by Gasteiger charge is 2.35. The molecule has 0 radical (unpaired) electrons. The average molecular weight is 559 g/mol. The highest BCUT2D eigenvalue weighted by molar-refractivity contribution is 6.33. The van der Waals surface area contributed by atoms with E-state index in [1.165, 1.54) is 12.1 Å². The zero-order chi connectivity index (χ0) is 27.4. The standard InChI is InChI=1S/C30H24ClFN4O4/c1-38-15-23-24(36-10-2-3-22(31)29(36)33-23)12-16-4-8-20-18(11-16)14-39-25-13-19(32)7-9-21(25)27(20)26(17-5-6-17)28-34-30(37)40-35-28/h2-4,7-11,13,17H,5-6,12,14-15H2,1H3,(H,34,35,37)/b27-26+. The van der Waals surface area contributed by atoms with Crippen LogP contribution in [0.15, 0.2) is 64.0 Å². The van der Waals surface area contributed by atoms with E-state index in [2.05, 4.69) is 28.3 Å². The molecule has 40 heavy (non-hydrogen) atoms. The van der Waals surface area contributed by atoms with Crippen LogP contribution in [0.4, 0.5) is 4.39 Å². The summed E-state index contributed by atoms with van der Waals surface area (Å²) in [5.41, 5.74) is 7.89. The molecule has 202 valence electrons. The number of hydrogen-bond acceptors (Lipinski definition) is 6. The second-order valence-corrected chi connectivity index (χ2v) is 10.5. The van der Waals surface area contributed by atoms with Gasteiger partial charge in [0, 0.05) is 42.5 Å². The minimum Gasteiger partial charge on any atom is -0.488 e. The van der Waals surface area contributed by atoms with Crippen LogP contribution in [0, 0.1) is 11.7 Å². The number of aromatic nitrogens is 4. The van der Waals surface area contributed by atoms with Crippen LogP contribution in [0.25, 0.3) is 16.8 Å². The lowest BCUT2D eigenvalue weighted by Gasteiger charge is -2.16. The van der Waals surface area contributed by atoms with E-state index in [1.54, 1.807) is 13.2 Å². The predicted molar refractivity (Wildman–Crippen MR) is 147 cm³/mol. The number of aromatic amines is 1. The van der Waals surface area contributed by atoms with E-state index in [9.17, 15) is 9.18 Å². The molecule has 0 unspecified atom stereocenters. The summed E-state index contributed by atoms with van der Waals surface area (Å²) < 4.78 is 32.8. The van der Waals surface area contributed by atoms with Crippen LogP contribution in [-0.4, -0.2) is 26.6 Å². The fourth-order valence-corrected chi connectivity index (χ4v) is 5.74. The van der Waals surface area contributed by atoms with E-state index in [1.807, 2.05) is 22.7 Å². The van der Waals surface area contributed by atoms with E-state index < -0.39 is 5.76 Å². The number of imidazole rings is 1. The van der Waals surface area contributed by atoms with Gasteiger partial charge in [-0.05, 0) is 59.7 Å². The Bertz CT molecular complexity index is 1870. The van der Waals surface area contributed by atoms with Gasteiger partial charge < -0.3 is 13.9 Å². The first-order valence-corrected chi connectivity index (χ1v) is 13.4. The van der Waals surface area contributed by atoms with Gasteiger partial charge in [-0.15, -0.1) is 0 Å². The summed E-state index contributed by atoms with van der Waals surface area (Å²) in [4.78, 5) is 19.4. The second-order valence-electron chi connectivity index (χ2n) is 10.1. The first-order valence-electron chi connectivity index (χ1n) is 13.0. The summed E-state index contributed by atoms with van der Waals surface area (Å²) in [6.45, 7) is 0.607. The largest absolute Gasteiger partial charge is 0.488 e. The maximum absolute atomic E-state index is 14.3. The monoisotopic (exact) mass is 558 g/mol. The minimum atomic E-state index is -0.617. The molecule has 0 atom stereocenters. The zero-order valence-electron chi connectivity index (χ0n) is 21.5. The van der Waals surface area contributed by atoms with Gasteiger partial charge in [-0.25, -0.2) is 14.2 Å². The first kappa shape index (κ1) is 24.8. The molecule has 7 rings (SSSR count). The van der Waals surface area contributed by atoms with Crippen LogP contribution >= 0.6 is 11.6 Å². The van der Waals surface area contributed by atoms with Gasteiger partial charge in [-0.3, -0.25) is 9.51 Å². The fraction of sp³-hybridized carbons (Fsp3) is 0.233. The fourth-order valence-electron chi connectivity index (χ4n) is 5.53. The number of nitrogens with zero attached hydrogens (tertiary/aromatic N) is 3. The molecular weight excluding hydrogens is 535 g/mol. The highest BCUT2D eigenvalue weighted by Crippen LogP contribution is 2.49. The molecule has 0 amide bonds. The summed E-state index contributed by atoms with van der Waals surface area (Å²) in [7, 11) is 1.64. The molecule has 2 aromatic carbocycles. The van der Waals surface area contributed by atoms with Crippen molar-refractivity contribution in [2.75, 3.05) is 7.11 Å². The van der Waals surface area contributed by atoms with Crippen molar-refractivity contribution in [1.82, 2.24) is 19.5 Å². The molecule has 0 bridgehead atoms. The first-order chi connectivity index (χ1) is 19.5. The van der Waals surface area contributed by atoms with Gasteiger partial charge in [-0.2, -0.15) is 0 Å². The lowest BCUT2D eigenvalue weighted by atomic mass is 9.87. The van der Waals surface area contributed by atoms with Gasteiger partial charge in [0.05, 0.1) is 23.0 Å². The van der Waals surface area contributed by atoms with Crippen LogP contribution in [0.5, 0.6) is 5.75 Å². The van der Waals surface area contributed by atoms with Crippen molar-refractivity contribution >= 4 is 28.4 Å². The molecule has 0 spiro atoms. The van der Waals surface area contributed by atoms with Crippen molar-refractivity contribution in [1.29, 1.82) is 0 Å². The lowest BCUT2D eigenvalue weighted by molar-refractivity contribution is 0.181. The molecular formula is C30H24ClFN4O4.